The summed E-state index contributed by atoms with van der Waals surface area (Å²) < 4.78 is 1.59. The maximum atomic E-state index is 11.4. The minimum atomic E-state index is -1.17. The number of hydrogen-bond donors (Lipinski definition) is 3. The molecular weight excluding hydrogens is 230 g/mol. The third kappa shape index (κ3) is 2.77. The molecule has 1 aromatic heterocycles. The summed E-state index contributed by atoms with van der Waals surface area (Å²) in [6.07, 6.45) is 1.49. The molecule has 1 saturated heterocycles. The smallest absolute Gasteiger partial charge is 0.332 e. The predicted molar refractivity (Wildman–Crippen MR) is 53.0 cm³/mol. The second-order valence-corrected chi connectivity index (χ2v) is 3.51. The molecule has 92 valence electrons. The van der Waals surface area contributed by atoms with Gasteiger partial charge >= 0.3 is 5.97 Å². The average molecular weight is 241 g/mol. The van der Waals surface area contributed by atoms with Crippen LogP contribution in [0.4, 0.5) is 0 Å². The molecule has 0 atom stereocenters. The first-order valence-corrected chi connectivity index (χ1v) is 4.93. The van der Waals surface area contributed by atoms with Crippen molar-refractivity contribution in [1.29, 1.82) is 0 Å². The fraction of sp³-hybridized carbons (Fsp3) is 0.500. The van der Waals surface area contributed by atoms with Gasteiger partial charge in [0.1, 0.15) is 0 Å². The third-order valence-electron chi connectivity index (χ3n) is 2.24. The number of carbonyl (C=O) groups excluding carboxylic acids is 1. The van der Waals surface area contributed by atoms with Crippen molar-refractivity contribution in [2.24, 2.45) is 0 Å². The van der Waals surface area contributed by atoms with E-state index in [1.807, 2.05) is 5.48 Å². The molecule has 1 amide bonds. The number of carbonyl (C=O) groups is 2. The molecule has 0 bridgehead atoms. The molecule has 9 heteroatoms. The highest BCUT2D eigenvalue weighted by atomic mass is 16.7. The van der Waals surface area contributed by atoms with Gasteiger partial charge < -0.3 is 10.4 Å². The number of carboxylic acids is 1. The Morgan fingerprint density at radius 1 is 1.65 bits per heavy atom. The lowest BCUT2D eigenvalue weighted by Gasteiger charge is -2.26. The summed E-state index contributed by atoms with van der Waals surface area (Å²) in [5.74, 6) is -1.79. The van der Waals surface area contributed by atoms with Crippen LogP contribution in [0.5, 0.6) is 0 Å². The van der Waals surface area contributed by atoms with Crippen LogP contribution in [0, 0.1) is 0 Å². The van der Waals surface area contributed by atoms with Crippen molar-refractivity contribution in [2.75, 3.05) is 19.7 Å². The van der Waals surface area contributed by atoms with Crippen molar-refractivity contribution in [1.82, 2.24) is 25.8 Å². The molecule has 0 saturated carbocycles. The first-order chi connectivity index (χ1) is 8.16. The summed E-state index contributed by atoms with van der Waals surface area (Å²) in [5, 5.41) is 18.8. The zero-order chi connectivity index (χ0) is 12.3. The van der Waals surface area contributed by atoms with Crippen molar-refractivity contribution in [2.45, 2.75) is 6.04 Å². The van der Waals surface area contributed by atoms with Gasteiger partial charge in [-0.1, -0.05) is 5.21 Å². The summed E-state index contributed by atoms with van der Waals surface area (Å²) in [7, 11) is 0. The Bertz CT molecular complexity index is 427. The largest absolute Gasteiger partial charge is 0.479 e. The summed E-state index contributed by atoms with van der Waals surface area (Å²) >= 11 is 0. The highest BCUT2D eigenvalue weighted by Gasteiger charge is 2.21. The molecule has 1 aliphatic rings. The Morgan fingerprint density at radius 2 is 2.41 bits per heavy atom. The fourth-order valence-electron chi connectivity index (χ4n) is 1.24. The van der Waals surface area contributed by atoms with E-state index in [0.717, 1.165) is 13.1 Å². The zero-order valence-electron chi connectivity index (χ0n) is 8.79. The molecule has 9 nitrogen and oxygen atoms in total. The topological polar surface area (TPSA) is 118 Å². The van der Waals surface area contributed by atoms with Gasteiger partial charge in [-0.05, 0) is 0 Å². The summed E-state index contributed by atoms with van der Waals surface area (Å²) in [6.45, 7) is 0.978. The number of nitrogens with one attached hydrogen (secondary N) is 2. The Hall–Kier alpha value is -2.00. The van der Waals surface area contributed by atoms with E-state index in [4.69, 9.17) is 5.11 Å². The van der Waals surface area contributed by atoms with Crippen LogP contribution in [-0.4, -0.2) is 51.7 Å². The molecule has 0 aliphatic carbocycles. The number of hydroxylamine groups is 1. The van der Waals surface area contributed by atoms with Crippen LogP contribution in [0.15, 0.2) is 6.20 Å². The number of aliphatic carboxylic acids is 1. The van der Waals surface area contributed by atoms with Crippen LogP contribution < -0.4 is 10.8 Å². The predicted octanol–water partition coefficient (Wildman–Crippen LogP) is -1.83. The highest BCUT2D eigenvalue weighted by molar-refractivity contribution is 5.91. The van der Waals surface area contributed by atoms with Gasteiger partial charge in [-0.3, -0.25) is 9.63 Å². The molecule has 0 unspecified atom stereocenters. The average Bonchev–Trinajstić information content (AvgIpc) is 2.63. The van der Waals surface area contributed by atoms with E-state index in [9.17, 15) is 9.59 Å². The van der Waals surface area contributed by atoms with E-state index >= 15 is 0 Å². The molecule has 1 aliphatic heterocycles. The molecule has 0 radical (unpaired) electrons. The zero-order valence-corrected chi connectivity index (χ0v) is 8.79. The highest BCUT2D eigenvalue weighted by Crippen LogP contribution is 2.09. The van der Waals surface area contributed by atoms with Crippen molar-refractivity contribution in [3.63, 3.8) is 0 Å². The molecule has 2 heterocycles. The molecular formula is C8H11N5O4. The lowest BCUT2D eigenvalue weighted by atomic mass is 10.2. The van der Waals surface area contributed by atoms with Gasteiger partial charge in [0.05, 0.1) is 12.2 Å². The number of amides is 1. The Kier molecular flexibility index (Phi) is 3.30. The minimum Gasteiger partial charge on any atom is -0.479 e. The van der Waals surface area contributed by atoms with E-state index in [-0.39, 0.29) is 11.7 Å². The summed E-state index contributed by atoms with van der Waals surface area (Å²) in [6, 6.07) is 0.212. The molecule has 2 rings (SSSR count). The Balaban J connectivity index is 1.86. The van der Waals surface area contributed by atoms with E-state index < -0.39 is 18.5 Å². The first kappa shape index (κ1) is 11.5. The number of carboxylic acid groups (broad SMARTS) is 1. The molecule has 3 N–H and O–H groups in total. The Labute approximate surface area is 95.7 Å². The van der Waals surface area contributed by atoms with Crippen molar-refractivity contribution in [3.8, 4) is 0 Å². The lowest BCUT2D eigenvalue weighted by molar-refractivity contribution is -0.144. The number of aromatic nitrogens is 3. The van der Waals surface area contributed by atoms with Gasteiger partial charge in [0.25, 0.3) is 5.91 Å². The van der Waals surface area contributed by atoms with Gasteiger partial charge in [0.15, 0.2) is 12.3 Å². The van der Waals surface area contributed by atoms with E-state index in [1.165, 1.54) is 6.20 Å². The standard InChI is InChI=1S/C8H11N5O4/c14-7(15)4-17-11-8(16)6-3-13(12-10-6)5-1-9-2-5/h3,5,9H,1-2,4H2,(H,11,16)(H,14,15). The van der Waals surface area contributed by atoms with Crippen LogP contribution in [0.25, 0.3) is 0 Å². The summed E-state index contributed by atoms with van der Waals surface area (Å²) in [4.78, 5) is 26.0. The molecule has 1 aromatic rings. The van der Waals surface area contributed by atoms with E-state index in [1.54, 1.807) is 4.68 Å². The first-order valence-electron chi connectivity index (χ1n) is 4.93. The maximum Gasteiger partial charge on any atom is 0.332 e. The molecule has 17 heavy (non-hydrogen) atoms. The fourth-order valence-corrected chi connectivity index (χ4v) is 1.24. The van der Waals surface area contributed by atoms with Gasteiger partial charge in [-0.2, -0.15) is 0 Å². The van der Waals surface area contributed by atoms with E-state index in [0.29, 0.717) is 0 Å². The van der Waals surface area contributed by atoms with Crippen LogP contribution in [0.2, 0.25) is 0 Å². The van der Waals surface area contributed by atoms with Crippen LogP contribution in [0.1, 0.15) is 16.5 Å². The Morgan fingerprint density at radius 3 is 3.00 bits per heavy atom. The molecule has 0 aromatic carbocycles. The van der Waals surface area contributed by atoms with Gasteiger partial charge in [-0.25, -0.2) is 15.0 Å². The molecule has 0 spiro atoms. The van der Waals surface area contributed by atoms with E-state index in [2.05, 4.69) is 20.5 Å². The quantitative estimate of drug-likeness (QED) is 0.519. The van der Waals surface area contributed by atoms with Gasteiger partial charge in [-0.15, -0.1) is 5.10 Å². The SMILES string of the molecule is O=C(O)CONC(=O)c1cn(C2CNC2)nn1. The van der Waals surface area contributed by atoms with Crippen molar-refractivity contribution < 1.29 is 19.5 Å². The van der Waals surface area contributed by atoms with Crippen molar-refractivity contribution >= 4 is 11.9 Å². The van der Waals surface area contributed by atoms with Crippen LogP contribution >= 0.6 is 0 Å². The second kappa shape index (κ2) is 4.89. The normalized spacial score (nSPS) is 15.3. The number of rotatable bonds is 5. The summed E-state index contributed by atoms with van der Waals surface area (Å²) in [5.41, 5.74) is 2.05. The van der Waals surface area contributed by atoms with Crippen molar-refractivity contribution in [3.05, 3.63) is 11.9 Å². The van der Waals surface area contributed by atoms with Crippen LogP contribution in [-0.2, 0) is 9.63 Å². The lowest BCUT2D eigenvalue weighted by Crippen LogP contribution is -2.43. The number of nitrogens with zero attached hydrogens (tertiary/aromatic N) is 3. The third-order valence-corrected chi connectivity index (χ3v) is 2.24. The van der Waals surface area contributed by atoms with Gasteiger partial charge in [0, 0.05) is 13.1 Å². The minimum absolute atomic E-state index is 0.0855. The monoisotopic (exact) mass is 241 g/mol. The maximum absolute atomic E-state index is 11.4. The van der Waals surface area contributed by atoms with Gasteiger partial charge in [0.2, 0.25) is 0 Å². The molecule has 1 fully saturated rings. The second-order valence-electron chi connectivity index (χ2n) is 3.51. The van der Waals surface area contributed by atoms with Crippen LogP contribution in [0.3, 0.4) is 0 Å². The number of hydrogen-bond acceptors (Lipinski definition) is 6.